The Kier molecular flexibility index (Phi) is 5.35. The second-order valence-electron chi connectivity index (χ2n) is 3.54. The van der Waals surface area contributed by atoms with E-state index in [-0.39, 0.29) is 6.61 Å². The van der Waals surface area contributed by atoms with Crippen molar-refractivity contribution >= 4 is 23.2 Å². The van der Waals surface area contributed by atoms with Crippen LogP contribution in [0.4, 0.5) is 0 Å². The van der Waals surface area contributed by atoms with Crippen molar-refractivity contribution in [1.82, 2.24) is 4.90 Å². The van der Waals surface area contributed by atoms with E-state index in [1.165, 1.54) is 0 Å². The summed E-state index contributed by atoms with van der Waals surface area (Å²) in [5, 5.41) is 9.91. The van der Waals surface area contributed by atoms with Gasteiger partial charge in [-0.3, -0.25) is 4.90 Å². The number of rotatable bonds is 5. The van der Waals surface area contributed by atoms with Crippen molar-refractivity contribution in [2.75, 3.05) is 27.3 Å². The summed E-state index contributed by atoms with van der Waals surface area (Å²) < 4.78 is 5.23. The number of methoxy groups -OCH3 is 1. The highest BCUT2D eigenvalue weighted by atomic mass is 35.5. The number of aliphatic hydroxyl groups is 1. The molecule has 0 spiro atoms. The third-order valence-corrected chi connectivity index (χ3v) is 2.71. The predicted octanol–water partition coefficient (Wildman–Crippen LogP) is 2.43. The largest absolute Gasteiger partial charge is 0.495 e. The first-order chi connectivity index (χ1) is 7.58. The lowest BCUT2D eigenvalue weighted by atomic mass is 10.2. The highest BCUT2D eigenvalue weighted by Crippen LogP contribution is 2.32. The smallest absolute Gasteiger partial charge is 0.142 e. The number of ether oxygens (including phenoxy) is 1. The fourth-order valence-corrected chi connectivity index (χ4v) is 2.11. The van der Waals surface area contributed by atoms with Crippen LogP contribution in [-0.4, -0.2) is 37.3 Å². The molecule has 0 unspecified atom stereocenters. The number of aliphatic hydroxyl groups excluding tert-OH is 1. The van der Waals surface area contributed by atoms with Crippen LogP contribution in [0.3, 0.4) is 0 Å². The van der Waals surface area contributed by atoms with Crippen LogP contribution in [0, 0.1) is 0 Å². The van der Waals surface area contributed by atoms with Gasteiger partial charge in [-0.2, -0.15) is 0 Å². The summed E-state index contributed by atoms with van der Waals surface area (Å²) in [5.41, 5.74) is 0.913. The minimum Gasteiger partial charge on any atom is -0.495 e. The Morgan fingerprint density at radius 1 is 1.38 bits per heavy atom. The first-order valence-corrected chi connectivity index (χ1v) is 5.65. The van der Waals surface area contributed by atoms with Gasteiger partial charge < -0.3 is 9.84 Å². The molecule has 0 heterocycles. The number of nitrogens with zero attached hydrogens (tertiary/aromatic N) is 1. The number of hydrogen-bond donors (Lipinski definition) is 1. The maximum absolute atomic E-state index is 8.83. The zero-order chi connectivity index (χ0) is 12.1. The molecular formula is C11H15Cl2NO2. The summed E-state index contributed by atoms with van der Waals surface area (Å²) >= 11 is 11.9. The van der Waals surface area contributed by atoms with Crippen LogP contribution in [0.25, 0.3) is 0 Å². The average Bonchev–Trinajstić information content (AvgIpc) is 2.17. The molecule has 0 bridgehead atoms. The van der Waals surface area contributed by atoms with E-state index in [2.05, 4.69) is 0 Å². The lowest BCUT2D eigenvalue weighted by Crippen LogP contribution is -2.21. The minimum absolute atomic E-state index is 0.118. The van der Waals surface area contributed by atoms with Crippen molar-refractivity contribution in [3.8, 4) is 5.75 Å². The Hall–Kier alpha value is -0.480. The zero-order valence-electron chi connectivity index (χ0n) is 9.33. The van der Waals surface area contributed by atoms with E-state index < -0.39 is 0 Å². The highest BCUT2D eigenvalue weighted by molar-refractivity contribution is 6.35. The normalized spacial score (nSPS) is 10.9. The standard InChI is InChI=1S/C11H15Cl2NO2/c1-14(3-4-15)7-8-5-9(12)6-10(13)11(8)16-2/h5-6,15H,3-4,7H2,1-2H3. The average molecular weight is 264 g/mol. The van der Waals surface area contributed by atoms with Crippen molar-refractivity contribution in [2.24, 2.45) is 0 Å². The van der Waals surface area contributed by atoms with Crippen molar-refractivity contribution in [1.29, 1.82) is 0 Å². The monoisotopic (exact) mass is 263 g/mol. The Bertz CT molecular complexity index is 358. The quantitative estimate of drug-likeness (QED) is 0.886. The number of benzene rings is 1. The topological polar surface area (TPSA) is 32.7 Å². The number of halogens is 2. The van der Waals surface area contributed by atoms with Crippen molar-refractivity contribution < 1.29 is 9.84 Å². The third kappa shape index (κ3) is 3.52. The first kappa shape index (κ1) is 13.6. The van der Waals surface area contributed by atoms with Gasteiger partial charge in [-0.15, -0.1) is 0 Å². The van der Waals surface area contributed by atoms with Crippen LogP contribution in [0.5, 0.6) is 5.75 Å². The Labute approximate surface area is 106 Å². The second-order valence-corrected chi connectivity index (χ2v) is 4.39. The Balaban J connectivity index is 2.93. The molecule has 0 saturated heterocycles. The van der Waals surface area contributed by atoms with Gasteiger partial charge in [0.25, 0.3) is 0 Å². The number of hydrogen-bond acceptors (Lipinski definition) is 3. The van der Waals surface area contributed by atoms with Crippen LogP contribution in [-0.2, 0) is 6.54 Å². The van der Waals surface area contributed by atoms with Gasteiger partial charge in [0, 0.05) is 23.7 Å². The van der Waals surface area contributed by atoms with Crippen molar-refractivity contribution in [2.45, 2.75) is 6.54 Å². The molecule has 1 rings (SSSR count). The molecule has 90 valence electrons. The maximum Gasteiger partial charge on any atom is 0.142 e. The molecule has 5 heteroatoms. The van der Waals surface area contributed by atoms with Crippen LogP contribution in [0.15, 0.2) is 12.1 Å². The van der Waals surface area contributed by atoms with E-state index in [4.69, 9.17) is 33.0 Å². The molecule has 0 atom stereocenters. The molecule has 0 aliphatic heterocycles. The number of likely N-dealkylation sites (N-methyl/N-ethyl adjacent to an activating group) is 1. The van der Waals surface area contributed by atoms with E-state index >= 15 is 0 Å². The fourth-order valence-electron chi connectivity index (χ4n) is 1.50. The molecule has 0 saturated carbocycles. The van der Waals surface area contributed by atoms with Gasteiger partial charge in [0.2, 0.25) is 0 Å². The van der Waals surface area contributed by atoms with Gasteiger partial charge in [-0.1, -0.05) is 23.2 Å². The van der Waals surface area contributed by atoms with Gasteiger partial charge in [0.1, 0.15) is 5.75 Å². The summed E-state index contributed by atoms with van der Waals surface area (Å²) in [7, 11) is 3.48. The lowest BCUT2D eigenvalue weighted by Gasteiger charge is -2.18. The summed E-state index contributed by atoms with van der Waals surface area (Å²) in [6.07, 6.45) is 0. The summed E-state index contributed by atoms with van der Waals surface area (Å²) in [4.78, 5) is 1.96. The lowest BCUT2D eigenvalue weighted by molar-refractivity contribution is 0.216. The van der Waals surface area contributed by atoms with Crippen LogP contribution in [0.1, 0.15) is 5.56 Å². The molecule has 3 nitrogen and oxygen atoms in total. The van der Waals surface area contributed by atoms with Crippen LogP contribution >= 0.6 is 23.2 Å². The van der Waals surface area contributed by atoms with Gasteiger partial charge in [-0.05, 0) is 19.2 Å². The fraction of sp³-hybridized carbons (Fsp3) is 0.455. The predicted molar refractivity (Wildman–Crippen MR) is 66.4 cm³/mol. The summed E-state index contributed by atoms with van der Waals surface area (Å²) in [6, 6.07) is 3.47. The van der Waals surface area contributed by atoms with E-state index in [0.717, 1.165) is 5.56 Å². The third-order valence-electron chi connectivity index (χ3n) is 2.21. The van der Waals surface area contributed by atoms with E-state index in [9.17, 15) is 0 Å². The van der Waals surface area contributed by atoms with Crippen LogP contribution in [0.2, 0.25) is 10.0 Å². The van der Waals surface area contributed by atoms with E-state index in [1.807, 2.05) is 18.0 Å². The minimum atomic E-state index is 0.118. The van der Waals surface area contributed by atoms with E-state index in [1.54, 1.807) is 13.2 Å². The van der Waals surface area contributed by atoms with Crippen molar-refractivity contribution in [3.63, 3.8) is 0 Å². The molecule has 1 aromatic rings. The Morgan fingerprint density at radius 3 is 2.62 bits per heavy atom. The molecule has 16 heavy (non-hydrogen) atoms. The highest BCUT2D eigenvalue weighted by Gasteiger charge is 2.11. The van der Waals surface area contributed by atoms with Crippen molar-refractivity contribution in [3.05, 3.63) is 27.7 Å². The molecule has 0 fully saturated rings. The summed E-state index contributed by atoms with van der Waals surface area (Å²) in [6.45, 7) is 1.34. The van der Waals surface area contributed by atoms with Crippen LogP contribution < -0.4 is 4.74 Å². The molecular weight excluding hydrogens is 249 g/mol. The molecule has 1 N–H and O–H groups in total. The Morgan fingerprint density at radius 2 is 2.06 bits per heavy atom. The molecule has 0 aromatic heterocycles. The molecule has 0 radical (unpaired) electrons. The van der Waals surface area contributed by atoms with Gasteiger partial charge in [-0.25, -0.2) is 0 Å². The van der Waals surface area contributed by atoms with E-state index in [0.29, 0.717) is 28.9 Å². The van der Waals surface area contributed by atoms with Gasteiger partial charge in [0.05, 0.1) is 18.7 Å². The molecule has 0 aliphatic rings. The second kappa shape index (κ2) is 6.30. The zero-order valence-corrected chi connectivity index (χ0v) is 10.8. The first-order valence-electron chi connectivity index (χ1n) is 4.89. The molecule has 0 aliphatic carbocycles. The molecule has 1 aromatic carbocycles. The summed E-state index contributed by atoms with van der Waals surface area (Å²) in [5.74, 6) is 0.635. The molecule has 0 amide bonds. The van der Waals surface area contributed by atoms with Gasteiger partial charge in [0.15, 0.2) is 0 Å². The maximum atomic E-state index is 8.83. The SMILES string of the molecule is COc1c(Cl)cc(Cl)cc1CN(C)CCO. The van der Waals surface area contributed by atoms with Gasteiger partial charge >= 0.3 is 0 Å².